The predicted octanol–water partition coefficient (Wildman–Crippen LogP) is 16.2. The average Bonchev–Trinajstić information content (AvgIpc) is 1.63. The van der Waals surface area contributed by atoms with E-state index >= 15 is 0 Å². The predicted molar refractivity (Wildman–Crippen MR) is 396 cm³/mol. The summed E-state index contributed by atoms with van der Waals surface area (Å²) >= 11 is 23.8. The van der Waals surface area contributed by atoms with Gasteiger partial charge in [-0.15, -0.1) is 0 Å². The van der Waals surface area contributed by atoms with E-state index in [2.05, 4.69) is 42.9 Å². The van der Waals surface area contributed by atoms with E-state index in [-0.39, 0.29) is 107 Å². The molecule has 560 valence electrons. The number of nitriles is 2. The van der Waals surface area contributed by atoms with Crippen LogP contribution in [-0.4, -0.2) is 153 Å². The molecule has 29 heteroatoms. The molecule has 8 bridgehead atoms. The van der Waals surface area contributed by atoms with Gasteiger partial charge in [-0.1, -0.05) is 116 Å². The zero-order valence-corrected chi connectivity index (χ0v) is 62.8. The lowest BCUT2D eigenvalue weighted by atomic mass is 9.85. The number of halogens is 4. The second kappa shape index (κ2) is 32.8. The van der Waals surface area contributed by atoms with Crippen LogP contribution in [0.5, 0.6) is 0 Å². The summed E-state index contributed by atoms with van der Waals surface area (Å²) in [6.45, 7) is 11.2. The summed E-state index contributed by atoms with van der Waals surface area (Å²) in [4.78, 5) is 80.1. The Kier molecular flexibility index (Phi) is 23.5. The molecule has 0 spiro atoms. The molecule has 4 aromatic heterocycles. The van der Waals surface area contributed by atoms with Gasteiger partial charge in [0.2, 0.25) is 34.6 Å². The number of nitrogens with zero attached hydrogens (tertiary/aromatic N) is 10. The highest BCUT2D eigenvalue weighted by Gasteiger charge is 2.52. The summed E-state index contributed by atoms with van der Waals surface area (Å²) in [6, 6.07) is 36.6. The fraction of sp³-hybridized carbons (Fsp3) is 0.436. The van der Waals surface area contributed by atoms with Crippen LogP contribution in [0, 0.1) is 34.7 Å². The number of amides is 3. The first-order valence-electron chi connectivity index (χ1n) is 35.7. The van der Waals surface area contributed by atoms with Crippen LogP contribution in [0.15, 0.2) is 139 Å². The SMILES string of the molecule is CC(C)(C)OC(=O)N1C2CCC1C(N)C2.CC(C)(C)OC(=O)N1C2CCC1C(NC(=O)c1cc(-c3cccc(Cl)c3)no1)C2.N#CN1C2CCC1C(CC(=O)c1cc(-c3cccc(Cl)c3)no1)C2.N#CN1C2CCC1C(CC(=O)c1cc(-c3cccc(Cl)c3)no1)C2.O=C(O)c1cc(-c2cccc(Cl)c2)no1. The number of hydrogen-bond donors (Lipinski definition) is 3. The number of aromatic nitrogens is 4. The number of carbonyl (C=O) groups excluding carboxylic acids is 5. The van der Waals surface area contributed by atoms with E-state index in [0.29, 0.717) is 80.3 Å². The second-order valence-corrected chi connectivity index (χ2v) is 31.8. The summed E-state index contributed by atoms with van der Waals surface area (Å²) in [5, 5.41) is 48.0. The third-order valence-corrected chi connectivity index (χ3v) is 21.6. The molecule has 3 amide bonds. The molecule has 8 aliphatic heterocycles. The van der Waals surface area contributed by atoms with E-state index in [0.717, 1.165) is 92.9 Å². The molecule has 12 unspecified atom stereocenters. The van der Waals surface area contributed by atoms with E-state index in [1.165, 1.54) is 6.07 Å². The van der Waals surface area contributed by atoms with Crippen LogP contribution in [-0.2, 0) is 9.47 Å². The molecule has 25 nitrogen and oxygen atoms in total. The molecule has 8 saturated heterocycles. The van der Waals surface area contributed by atoms with E-state index in [1.54, 1.807) is 83.8 Å². The largest absolute Gasteiger partial charge is 0.475 e. The van der Waals surface area contributed by atoms with E-state index < -0.39 is 17.2 Å². The molecule has 0 saturated carbocycles. The molecular weight excluding hydrogens is 1450 g/mol. The minimum Gasteiger partial charge on any atom is -0.475 e. The highest BCUT2D eigenvalue weighted by molar-refractivity contribution is 6.31. The Bertz CT molecular complexity index is 4530. The van der Waals surface area contributed by atoms with Gasteiger partial charge in [0.05, 0.1) is 18.1 Å². The van der Waals surface area contributed by atoms with Crippen molar-refractivity contribution in [1.82, 2.24) is 45.5 Å². The number of Topliss-reactive ketones (excluding diaryl/α,β-unsaturated/α-hetero) is 2. The Morgan fingerprint density at radius 1 is 0.486 bits per heavy atom. The van der Waals surface area contributed by atoms with Crippen LogP contribution in [0.2, 0.25) is 20.1 Å². The van der Waals surface area contributed by atoms with Crippen molar-refractivity contribution in [2.75, 3.05) is 0 Å². The molecule has 8 aromatic rings. The molecular formula is C78H82Cl4N12O13. The molecule has 12 heterocycles. The number of rotatable bonds is 13. The quantitative estimate of drug-likeness (QED) is 0.0713. The number of carboxylic acids is 1. The molecule has 4 N–H and O–H groups in total. The Labute approximate surface area is 638 Å². The fourth-order valence-electron chi connectivity index (χ4n) is 16.0. The molecule has 12 atom stereocenters. The Balaban J connectivity index is 0.000000128. The number of nitrogens with one attached hydrogen (secondary N) is 1. The van der Waals surface area contributed by atoms with Crippen LogP contribution >= 0.6 is 46.4 Å². The fourth-order valence-corrected chi connectivity index (χ4v) is 16.7. The number of nitrogens with two attached hydrogens (primary N) is 1. The molecule has 8 aliphatic rings. The Morgan fingerprint density at radius 2 is 0.832 bits per heavy atom. The van der Waals surface area contributed by atoms with Crippen molar-refractivity contribution in [1.29, 1.82) is 10.5 Å². The first-order valence-corrected chi connectivity index (χ1v) is 37.2. The molecule has 16 rings (SSSR count). The zero-order valence-electron chi connectivity index (χ0n) is 59.8. The first-order chi connectivity index (χ1) is 51.1. The van der Waals surface area contributed by atoms with Gasteiger partial charge in [0.25, 0.3) is 5.91 Å². The van der Waals surface area contributed by atoms with Crippen molar-refractivity contribution >= 4 is 82.0 Å². The van der Waals surface area contributed by atoms with Gasteiger partial charge in [-0.2, -0.15) is 10.5 Å². The number of ketones is 2. The van der Waals surface area contributed by atoms with Gasteiger partial charge in [0.15, 0.2) is 12.4 Å². The number of ether oxygens (including phenoxy) is 2. The van der Waals surface area contributed by atoms with E-state index in [1.807, 2.05) is 92.6 Å². The summed E-state index contributed by atoms with van der Waals surface area (Å²) in [5.41, 5.74) is 10.3. The number of aromatic carboxylic acids is 1. The molecule has 0 aliphatic carbocycles. The molecule has 8 fully saturated rings. The standard InChI is InChI=1S/C21H24ClN3O4.2C18H16ClN3O2.C11H20N2O2.C10H6ClNO3/c1-21(2,3)28-20(27)25-14-7-8-17(25)16(10-14)23-19(26)18-11-15(24-29-18)12-5-4-6-13(22)9-12;2*19-13-3-1-2-11(6-13)15-9-18(24-21-15)17(23)8-12-7-14-4-5-16(12)22(14)10-20;1-11(2,3)15-10(14)13-7-4-5-9(13)8(12)6-7;11-7-3-1-2-6(4-7)8-5-9(10(13)14)15-12-8/h4-6,9,11,14,16-17H,7-8,10H2,1-3H3,(H,23,26);2*1-3,6,9,12,14,16H,4-5,7-8H2;7-9H,4-6,12H2,1-3H3;1-5H,(H,13,14). The number of carboxylic acid groups (broad SMARTS) is 1. The van der Waals surface area contributed by atoms with Crippen molar-refractivity contribution in [3.8, 4) is 57.4 Å². The van der Waals surface area contributed by atoms with E-state index in [9.17, 15) is 39.3 Å². The molecule has 4 aromatic carbocycles. The van der Waals surface area contributed by atoms with Crippen molar-refractivity contribution in [3.05, 3.63) is 164 Å². The summed E-state index contributed by atoms with van der Waals surface area (Å²) < 4.78 is 31.3. The van der Waals surface area contributed by atoms with Gasteiger partial charge in [0, 0.05) is 122 Å². The van der Waals surface area contributed by atoms with Gasteiger partial charge in [-0.05, 0) is 179 Å². The average molecular weight is 1540 g/mol. The Hall–Kier alpha value is -9.76. The van der Waals surface area contributed by atoms with Gasteiger partial charge < -0.3 is 63.3 Å². The molecule has 0 radical (unpaired) electrons. The molecule has 107 heavy (non-hydrogen) atoms. The number of benzene rings is 4. The van der Waals surface area contributed by atoms with Crippen LogP contribution in [0.4, 0.5) is 9.59 Å². The zero-order chi connectivity index (χ0) is 76.2. The maximum absolute atomic E-state index is 12.7. The van der Waals surface area contributed by atoms with Gasteiger partial charge >= 0.3 is 18.2 Å². The Morgan fingerprint density at radius 3 is 1.18 bits per heavy atom. The lowest BCUT2D eigenvalue weighted by molar-refractivity contribution is 0.0200. The summed E-state index contributed by atoms with van der Waals surface area (Å²) in [6.07, 6.45) is 16.3. The minimum absolute atomic E-state index is 0.0498. The van der Waals surface area contributed by atoms with Crippen molar-refractivity contribution < 1.29 is 61.4 Å². The lowest BCUT2D eigenvalue weighted by Crippen LogP contribution is -2.46. The minimum atomic E-state index is -1.14. The monoisotopic (exact) mass is 1530 g/mol. The maximum Gasteiger partial charge on any atom is 0.410 e. The van der Waals surface area contributed by atoms with Crippen molar-refractivity contribution in [2.45, 2.75) is 203 Å². The summed E-state index contributed by atoms with van der Waals surface area (Å²) in [7, 11) is 0. The van der Waals surface area contributed by atoms with Gasteiger partial charge in [-0.3, -0.25) is 14.4 Å². The van der Waals surface area contributed by atoms with Crippen LogP contribution in [0.25, 0.3) is 45.0 Å². The smallest absolute Gasteiger partial charge is 0.410 e. The van der Waals surface area contributed by atoms with Gasteiger partial charge in [0.1, 0.15) is 34.0 Å². The second-order valence-electron chi connectivity index (χ2n) is 30.1. The van der Waals surface area contributed by atoms with Crippen molar-refractivity contribution in [2.24, 2.45) is 17.6 Å². The van der Waals surface area contributed by atoms with Crippen LogP contribution < -0.4 is 11.1 Å². The highest BCUT2D eigenvalue weighted by atomic mass is 35.5. The number of hydrogen-bond acceptors (Lipinski definition) is 21. The summed E-state index contributed by atoms with van der Waals surface area (Å²) in [5.74, 6) is -0.629. The highest BCUT2D eigenvalue weighted by Crippen LogP contribution is 2.46. The maximum atomic E-state index is 12.7. The van der Waals surface area contributed by atoms with Gasteiger partial charge in [-0.25, -0.2) is 14.4 Å². The number of fused-ring (bicyclic) bond motifs is 8. The first kappa shape index (κ1) is 76.9. The third kappa shape index (κ3) is 18.3. The lowest BCUT2D eigenvalue weighted by Gasteiger charge is -2.28. The third-order valence-electron chi connectivity index (χ3n) is 20.6. The normalized spacial score (nSPS) is 23.8. The topological polar surface area (TPSA) is 344 Å². The van der Waals surface area contributed by atoms with Crippen molar-refractivity contribution in [3.63, 3.8) is 0 Å². The van der Waals surface area contributed by atoms with Crippen LogP contribution in [0.3, 0.4) is 0 Å². The van der Waals surface area contributed by atoms with E-state index in [4.69, 9.17) is 80.3 Å². The van der Waals surface area contributed by atoms with Crippen LogP contribution in [0.1, 0.15) is 174 Å². The number of carbonyl (C=O) groups is 6.